The molecule has 0 saturated heterocycles. The Hall–Kier alpha value is -4.00. The third kappa shape index (κ3) is 3.13. The summed E-state index contributed by atoms with van der Waals surface area (Å²) in [5, 5.41) is 18.3. The van der Waals surface area contributed by atoms with Crippen LogP contribution in [-0.2, 0) is 0 Å². The lowest BCUT2D eigenvalue weighted by atomic mass is 9.95. The Bertz CT molecular complexity index is 1500. The summed E-state index contributed by atoms with van der Waals surface area (Å²) in [6.07, 6.45) is 1.72. The van der Waals surface area contributed by atoms with Crippen molar-refractivity contribution in [3.63, 3.8) is 0 Å². The number of aromatic nitrogens is 3. The zero-order chi connectivity index (χ0) is 22.6. The normalized spacial score (nSPS) is 11.7. The van der Waals surface area contributed by atoms with Crippen molar-refractivity contribution in [3.05, 3.63) is 83.7 Å². The first-order valence-corrected chi connectivity index (χ1v) is 10.1. The lowest BCUT2D eigenvalue weighted by molar-refractivity contribution is 0.0696. The summed E-state index contributed by atoms with van der Waals surface area (Å²) in [6, 6.07) is 13.9. The molecule has 0 aliphatic rings. The van der Waals surface area contributed by atoms with Crippen molar-refractivity contribution in [1.29, 1.82) is 0 Å². The average Bonchev–Trinajstić information content (AvgIpc) is 3.34. The molecule has 7 heteroatoms. The highest BCUT2D eigenvalue weighted by Gasteiger charge is 2.24. The minimum atomic E-state index is -1.20. The summed E-state index contributed by atoms with van der Waals surface area (Å²) in [4.78, 5) is 11.6. The van der Waals surface area contributed by atoms with Crippen molar-refractivity contribution in [3.8, 4) is 16.8 Å². The Labute approximate surface area is 181 Å². The molecule has 5 aromatic rings. The largest absolute Gasteiger partial charge is 0.478 e. The van der Waals surface area contributed by atoms with E-state index in [1.165, 1.54) is 24.3 Å². The molecule has 2 heterocycles. The van der Waals surface area contributed by atoms with Crippen LogP contribution >= 0.6 is 0 Å². The third-order valence-corrected chi connectivity index (χ3v) is 5.63. The Morgan fingerprint density at radius 2 is 1.78 bits per heavy atom. The van der Waals surface area contributed by atoms with Crippen molar-refractivity contribution in [1.82, 2.24) is 14.8 Å². The molecule has 0 amide bonds. The molecular weight excluding hydrogens is 412 g/mol. The van der Waals surface area contributed by atoms with E-state index in [2.05, 4.69) is 10.2 Å². The van der Waals surface area contributed by atoms with Gasteiger partial charge in [0.1, 0.15) is 11.6 Å². The molecule has 32 heavy (non-hydrogen) atoms. The average molecular weight is 431 g/mol. The van der Waals surface area contributed by atoms with Gasteiger partial charge in [0.15, 0.2) is 0 Å². The number of aromatic amines is 1. The van der Waals surface area contributed by atoms with Crippen LogP contribution in [0.15, 0.2) is 60.8 Å². The molecule has 3 aromatic carbocycles. The smallest absolute Gasteiger partial charge is 0.335 e. The second-order valence-corrected chi connectivity index (χ2v) is 8.09. The molecule has 0 radical (unpaired) electrons. The van der Waals surface area contributed by atoms with Crippen molar-refractivity contribution < 1.29 is 18.7 Å². The molecule has 160 valence electrons. The standard InChI is InChI=1S/C25H19F2N3O2/c1-13(2)24-23(14-7-15(25(31)32)9-18(27)8-14)20-11-21-16(12-28-29-21)10-22(20)30(24)19-5-3-17(26)4-6-19/h3-13H,1-2H3,(H,28,29)(H,31,32). The van der Waals surface area contributed by atoms with E-state index in [4.69, 9.17) is 0 Å². The maximum absolute atomic E-state index is 14.5. The van der Waals surface area contributed by atoms with Crippen molar-refractivity contribution in [2.75, 3.05) is 0 Å². The van der Waals surface area contributed by atoms with E-state index >= 15 is 0 Å². The topological polar surface area (TPSA) is 70.9 Å². The molecule has 0 aliphatic heterocycles. The summed E-state index contributed by atoms with van der Waals surface area (Å²) >= 11 is 0. The van der Waals surface area contributed by atoms with Gasteiger partial charge in [0, 0.05) is 27.7 Å². The van der Waals surface area contributed by atoms with Crippen LogP contribution in [0.1, 0.15) is 35.8 Å². The summed E-state index contributed by atoms with van der Waals surface area (Å²) in [5.41, 5.74) is 4.34. The molecular formula is C25H19F2N3O2. The van der Waals surface area contributed by atoms with Gasteiger partial charge in [0.05, 0.1) is 22.8 Å². The highest BCUT2D eigenvalue weighted by Crippen LogP contribution is 2.42. The molecule has 0 bridgehead atoms. The Morgan fingerprint density at radius 3 is 2.47 bits per heavy atom. The Morgan fingerprint density at radius 1 is 1.03 bits per heavy atom. The van der Waals surface area contributed by atoms with Crippen LogP contribution in [-0.4, -0.2) is 25.8 Å². The monoisotopic (exact) mass is 431 g/mol. The van der Waals surface area contributed by atoms with Crippen LogP contribution in [0.2, 0.25) is 0 Å². The number of H-pyrrole nitrogens is 1. The van der Waals surface area contributed by atoms with Gasteiger partial charge >= 0.3 is 5.97 Å². The van der Waals surface area contributed by atoms with Crippen molar-refractivity contribution >= 4 is 27.8 Å². The predicted molar refractivity (Wildman–Crippen MR) is 119 cm³/mol. The van der Waals surface area contributed by atoms with Gasteiger partial charge in [-0.1, -0.05) is 13.8 Å². The number of carboxylic acids is 1. The molecule has 0 aliphatic carbocycles. The van der Waals surface area contributed by atoms with E-state index in [1.54, 1.807) is 18.3 Å². The summed E-state index contributed by atoms with van der Waals surface area (Å²) in [5.74, 6) is -2.17. The molecule has 0 saturated carbocycles. The fourth-order valence-corrected chi connectivity index (χ4v) is 4.32. The van der Waals surface area contributed by atoms with Gasteiger partial charge in [0.2, 0.25) is 0 Å². The van der Waals surface area contributed by atoms with Gasteiger partial charge < -0.3 is 9.67 Å². The van der Waals surface area contributed by atoms with Crippen LogP contribution < -0.4 is 0 Å². The molecule has 0 atom stereocenters. The number of halogens is 2. The van der Waals surface area contributed by atoms with E-state index in [9.17, 15) is 18.7 Å². The zero-order valence-corrected chi connectivity index (χ0v) is 17.4. The maximum Gasteiger partial charge on any atom is 0.335 e. The summed E-state index contributed by atoms with van der Waals surface area (Å²) < 4.78 is 30.1. The molecule has 0 spiro atoms. The molecule has 0 fully saturated rings. The second kappa shape index (κ2) is 7.30. The van der Waals surface area contributed by atoms with E-state index in [0.717, 1.165) is 44.8 Å². The van der Waals surface area contributed by atoms with Gasteiger partial charge in [-0.25, -0.2) is 13.6 Å². The number of fused-ring (bicyclic) bond motifs is 2. The van der Waals surface area contributed by atoms with Gasteiger partial charge in [0.25, 0.3) is 0 Å². The van der Waals surface area contributed by atoms with Gasteiger partial charge in [-0.15, -0.1) is 0 Å². The molecule has 2 aromatic heterocycles. The lowest BCUT2D eigenvalue weighted by Gasteiger charge is -2.16. The molecule has 0 unspecified atom stereocenters. The van der Waals surface area contributed by atoms with E-state index in [1.807, 2.05) is 30.5 Å². The lowest BCUT2D eigenvalue weighted by Crippen LogP contribution is -2.04. The Balaban J connectivity index is 1.95. The van der Waals surface area contributed by atoms with Gasteiger partial charge in [-0.3, -0.25) is 5.10 Å². The number of hydrogen-bond donors (Lipinski definition) is 2. The van der Waals surface area contributed by atoms with E-state index in [-0.39, 0.29) is 17.3 Å². The zero-order valence-electron chi connectivity index (χ0n) is 17.4. The van der Waals surface area contributed by atoms with E-state index < -0.39 is 11.8 Å². The fourth-order valence-electron chi connectivity index (χ4n) is 4.32. The highest BCUT2D eigenvalue weighted by atomic mass is 19.1. The molecule has 5 rings (SSSR count). The number of nitrogens with zero attached hydrogens (tertiary/aromatic N) is 2. The summed E-state index contributed by atoms with van der Waals surface area (Å²) in [6.45, 7) is 4.03. The predicted octanol–water partition coefficient (Wildman–Crippen LogP) is 6.27. The number of benzene rings is 3. The minimum Gasteiger partial charge on any atom is -0.478 e. The quantitative estimate of drug-likeness (QED) is 0.352. The molecule has 5 nitrogen and oxygen atoms in total. The number of nitrogens with one attached hydrogen (secondary N) is 1. The first-order chi connectivity index (χ1) is 15.3. The SMILES string of the molecule is CC(C)c1c(-c2cc(F)cc(C(=O)O)c2)c2cc3[nH]ncc3cc2n1-c1ccc(F)cc1. The molecule has 2 N–H and O–H groups in total. The highest BCUT2D eigenvalue weighted by molar-refractivity contribution is 6.06. The van der Waals surface area contributed by atoms with Crippen LogP contribution in [0.25, 0.3) is 38.6 Å². The number of rotatable bonds is 4. The van der Waals surface area contributed by atoms with Crippen LogP contribution in [0.5, 0.6) is 0 Å². The van der Waals surface area contributed by atoms with Gasteiger partial charge in [-0.2, -0.15) is 5.10 Å². The van der Waals surface area contributed by atoms with Crippen molar-refractivity contribution in [2.24, 2.45) is 0 Å². The number of carboxylic acid groups (broad SMARTS) is 1. The van der Waals surface area contributed by atoms with Crippen molar-refractivity contribution in [2.45, 2.75) is 19.8 Å². The number of carbonyl (C=O) groups is 1. The van der Waals surface area contributed by atoms with Gasteiger partial charge in [-0.05, 0) is 66.1 Å². The van der Waals surface area contributed by atoms with E-state index in [0.29, 0.717) is 5.56 Å². The maximum atomic E-state index is 14.5. The van der Waals surface area contributed by atoms with Crippen LogP contribution in [0.4, 0.5) is 8.78 Å². The Kier molecular flexibility index (Phi) is 4.55. The first kappa shape index (κ1) is 19.9. The van der Waals surface area contributed by atoms with Crippen LogP contribution in [0, 0.1) is 11.6 Å². The number of aromatic carboxylic acids is 1. The van der Waals surface area contributed by atoms with Crippen LogP contribution in [0.3, 0.4) is 0 Å². The third-order valence-electron chi connectivity index (χ3n) is 5.63. The second-order valence-electron chi connectivity index (χ2n) is 8.09. The minimum absolute atomic E-state index is 0.00420. The first-order valence-electron chi connectivity index (χ1n) is 10.1. The summed E-state index contributed by atoms with van der Waals surface area (Å²) in [7, 11) is 0. The number of hydrogen-bond acceptors (Lipinski definition) is 2. The fraction of sp³-hybridized carbons (Fsp3) is 0.120.